The fraction of sp³-hybridized carbons (Fsp3) is 0.739. The Morgan fingerprint density at radius 1 is 0.929 bits per heavy atom. The van der Waals surface area contributed by atoms with Crippen LogP contribution in [-0.2, 0) is 0 Å². The van der Waals surface area contributed by atoms with Gasteiger partial charge in [0.05, 0.1) is 6.61 Å². The fourth-order valence-corrected chi connectivity index (χ4v) is 3.91. The average Bonchev–Trinajstić information content (AvgIpc) is 2.68. The van der Waals surface area contributed by atoms with Gasteiger partial charge in [0.15, 0.2) is 0 Å². The lowest BCUT2D eigenvalue weighted by Crippen LogP contribution is -2.33. The van der Waals surface area contributed by atoms with Gasteiger partial charge in [-0.3, -0.25) is 0 Å². The van der Waals surface area contributed by atoms with Crippen LogP contribution in [0, 0.1) is 5.92 Å². The number of benzene rings is 1. The lowest BCUT2D eigenvalue weighted by Gasteiger charge is -2.33. The summed E-state index contributed by atoms with van der Waals surface area (Å²) in [7, 11) is 0. The Morgan fingerprint density at radius 3 is 2.21 bits per heavy atom. The van der Waals surface area contributed by atoms with Crippen LogP contribution in [0.1, 0.15) is 77.6 Å². The number of hydrogen-bond donors (Lipinski definition) is 0. The molecule has 1 fully saturated rings. The van der Waals surface area contributed by atoms with Gasteiger partial charge < -0.3 is 9.64 Å². The fourth-order valence-electron chi connectivity index (χ4n) is 3.91. The molecule has 0 spiro atoms. The Bertz CT molecular complexity index is 522. The number of alkyl halides is 3. The van der Waals surface area contributed by atoms with Gasteiger partial charge in [-0.25, -0.2) is 0 Å². The molecule has 2 nitrogen and oxygen atoms in total. The van der Waals surface area contributed by atoms with Crippen LogP contribution in [0.3, 0.4) is 0 Å². The molecule has 0 aromatic heterocycles. The van der Waals surface area contributed by atoms with Crippen molar-refractivity contribution in [2.75, 3.05) is 24.6 Å². The molecule has 1 heterocycles. The Balaban J connectivity index is 1.61. The standard InChI is InChI=1S/C23H36F3NO/c1-2-3-4-5-6-7-9-20-14-17-27(18-15-20)21-10-12-22(13-11-21)28-19-8-16-23(24,25)26/h10-13,20H,2-9,14-19H2,1H3. The summed E-state index contributed by atoms with van der Waals surface area (Å²) in [6.07, 6.45) is 7.18. The van der Waals surface area contributed by atoms with E-state index in [2.05, 4.69) is 11.8 Å². The summed E-state index contributed by atoms with van der Waals surface area (Å²) >= 11 is 0. The highest BCUT2D eigenvalue weighted by Gasteiger charge is 2.26. The summed E-state index contributed by atoms with van der Waals surface area (Å²) in [5.41, 5.74) is 1.18. The number of ether oxygens (including phenoxy) is 1. The molecule has 0 saturated carbocycles. The zero-order valence-corrected chi connectivity index (χ0v) is 17.3. The first-order valence-corrected chi connectivity index (χ1v) is 11.0. The van der Waals surface area contributed by atoms with Crippen LogP contribution in [0.2, 0.25) is 0 Å². The molecular weight excluding hydrogens is 363 g/mol. The maximum absolute atomic E-state index is 12.1. The van der Waals surface area contributed by atoms with E-state index < -0.39 is 12.6 Å². The topological polar surface area (TPSA) is 12.5 Å². The highest BCUT2D eigenvalue weighted by atomic mass is 19.4. The molecule has 0 radical (unpaired) electrons. The Morgan fingerprint density at radius 2 is 1.57 bits per heavy atom. The zero-order valence-electron chi connectivity index (χ0n) is 17.3. The molecule has 2 rings (SSSR count). The largest absolute Gasteiger partial charge is 0.494 e. The van der Waals surface area contributed by atoms with Gasteiger partial charge in [-0.2, -0.15) is 13.2 Å². The molecular formula is C23H36F3NO. The van der Waals surface area contributed by atoms with Gasteiger partial charge in [0.2, 0.25) is 0 Å². The van der Waals surface area contributed by atoms with Gasteiger partial charge in [0.1, 0.15) is 5.75 Å². The predicted molar refractivity (Wildman–Crippen MR) is 110 cm³/mol. The zero-order chi connectivity index (χ0) is 20.2. The van der Waals surface area contributed by atoms with Crippen molar-refractivity contribution < 1.29 is 17.9 Å². The van der Waals surface area contributed by atoms with E-state index in [4.69, 9.17) is 4.74 Å². The molecule has 0 atom stereocenters. The molecule has 0 N–H and O–H groups in total. The lowest BCUT2D eigenvalue weighted by atomic mass is 9.91. The van der Waals surface area contributed by atoms with Crippen molar-refractivity contribution in [2.24, 2.45) is 5.92 Å². The molecule has 5 heteroatoms. The Labute approximate surface area is 168 Å². The van der Waals surface area contributed by atoms with Crippen LogP contribution < -0.4 is 9.64 Å². The number of piperidine rings is 1. The first-order chi connectivity index (χ1) is 13.5. The molecule has 0 amide bonds. The van der Waals surface area contributed by atoms with Crippen molar-refractivity contribution in [3.63, 3.8) is 0 Å². The maximum atomic E-state index is 12.1. The summed E-state index contributed by atoms with van der Waals surface area (Å²) < 4.78 is 41.8. The van der Waals surface area contributed by atoms with Crippen LogP contribution in [-0.4, -0.2) is 25.9 Å². The molecule has 1 aliphatic heterocycles. The van der Waals surface area contributed by atoms with Gasteiger partial charge in [0, 0.05) is 25.2 Å². The number of rotatable bonds is 12. The van der Waals surface area contributed by atoms with E-state index in [9.17, 15) is 13.2 Å². The number of nitrogens with zero attached hydrogens (tertiary/aromatic N) is 1. The van der Waals surface area contributed by atoms with E-state index in [1.54, 1.807) is 0 Å². The normalized spacial score (nSPS) is 15.8. The Hall–Kier alpha value is -1.39. The third kappa shape index (κ3) is 9.20. The second kappa shape index (κ2) is 12.2. The lowest BCUT2D eigenvalue weighted by molar-refractivity contribution is -0.136. The molecule has 0 bridgehead atoms. The molecule has 160 valence electrons. The molecule has 0 aliphatic carbocycles. The van der Waals surface area contributed by atoms with Crippen molar-refractivity contribution in [2.45, 2.75) is 83.7 Å². The van der Waals surface area contributed by atoms with E-state index >= 15 is 0 Å². The van der Waals surface area contributed by atoms with Crippen molar-refractivity contribution in [1.82, 2.24) is 0 Å². The smallest absolute Gasteiger partial charge is 0.389 e. The number of hydrogen-bond acceptors (Lipinski definition) is 2. The number of unbranched alkanes of at least 4 members (excludes halogenated alkanes) is 5. The molecule has 1 saturated heterocycles. The van der Waals surface area contributed by atoms with Crippen LogP contribution in [0.15, 0.2) is 24.3 Å². The molecule has 28 heavy (non-hydrogen) atoms. The third-order valence-corrected chi connectivity index (χ3v) is 5.66. The molecule has 1 aliphatic rings. The van der Waals surface area contributed by atoms with Crippen molar-refractivity contribution in [3.8, 4) is 5.75 Å². The van der Waals surface area contributed by atoms with Crippen LogP contribution in [0.4, 0.5) is 18.9 Å². The summed E-state index contributed by atoms with van der Waals surface area (Å²) in [4.78, 5) is 2.41. The highest BCUT2D eigenvalue weighted by molar-refractivity contribution is 5.49. The van der Waals surface area contributed by atoms with Crippen molar-refractivity contribution in [3.05, 3.63) is 24.3 Å². The molecule has 1 aromatic rings. The van der Waals surface area contributed by atoms with E-state index in [1.165, 1.54) is 63.5 Å². The van der Waals surface area contributed by atoms with Gasteiger partial charge in [-0.15, -0.1) is 0 Å². The van der Waals surface area contributed by atoms with Gasteiger partial charge in [-0.05, 0) is 49.4 Å². The minimum atomic E-state index is -4.10. The van der Waals surface area contributed by atoms with Crippen LogP contribution in [0.5, 0.6) is 5.75 Å². The van der Waals surface area contributed by atoms with E-state index in [0.717, 1.165) is 19.0 Å². The summed E-state index contributed by atoms with van der Waals surface area (Å²) in [5.74, 6) is 1.50. The van der Waals surface area contributed by atoms with Crippen molar-refractivity contribution in [1.29, 1.82) is 0 Å². The third-order valence-electron chi connectivity index (χ3n) is 5.66. The minimum absolute atomic E-state index is 0.00261. The quantitative estimate of drug-likeness (QED) is 0.340. The monoisotopic (exact) mass is 399 g/mol. The first kappa shape index (κ1) is 22.9. The number of halogens is 3. The highest BCUT2D eigenvalue weighted by Crippen LogP contribution is 2.28. The summed E-state index contributed by atoms with van der Waals surface area (Å²) in [6.45, 7) is 4.54. The second-order valence-corrected chi connectivity index (χ2v) is 8.05. The number of anilines is 1. The van der Waals surface area contributed by atoms with Crippen LogP contribution >= 0.6 is 0 Å². The van der Waals surface area contributed by atoms with Gasteiger partial charge in [0.25, 0.3) is 0 Å². The van der Waals surface area contributed by atoms with E-state index in [0.29, 0.717) is 5.75 Å². The Kier molecular flexibility index (Phi) is 10.0. The minimum Gasteiger partial charge on any atom is -0.494 e. The summed E-state index contributed by atoms with van der Waals surface area (Å²) in [5, 5.41) is 0. The van der Waals surface area contributed by atoms with E-state index in [-0.39, 0.29) is 13.0 Å². The molecule has 0 unspecified atom stereocenters. The van der Waals surface area contributed by atoms with Crippen LogP contribution in [0.25, 0.3) is 0 Å². The molecule has 1 aromatic carbocycles. The average molecular weight is 400 g/mol. The SMILES string of the molecule is CCCCCCCCC1CCN(c2ccc(OCCCC(F)(F)F)cc2)CC1. The van der Waals surface area contributed by atoms with Crippen molar-refractivity contribution >= 4 is 5.69 Å². The predicted octanol–water partition coefficient (Wildman–Crippen LogP) is 7.37. The van der Waals surface area contributed by atoms with Gasteiger partial charge >= 0.3 is 6.18 Å². The summed E-state index contributed by atoms with van der Waals surface area (Å²) in [6, 6.07) is 7.77. The van der Waals surface area contributed by atoms with E-state index in [1.807, 2.05) is 24.3 Å². The second-order valence-electron chi connectivity index (χ2n) is 8.05. The van der Waals surface area contributed by atoms with Gasteiger partial charge in [-0.1, -0.05) is 51.9 Å². The first-order valence-electron chi connectivity index (χ1n) is 11.0. The maximum Gasteiger partial charge on any atom is 0.389 e.